The molecule has 1 N–H and O–H groups in total. The predicted molar refractivity (Wildman–Crippen MR) is 81.4 cm³/mol. The molecular weight excluding hydrogens is 327 g/mol. The van der Waals surface area contributed by atoms with E-state index in [0.717, 1.165) is 6.07 Å². The summed E-state index contributed by atoms with van der Waals surface area (Å²) >= 11 is 5.62. The summed E-state index contributed by atoms with van der Waals surface area (Å²) in [6.45, 7) is 1.76. The molecule has 1 aliphatic rings. The zero-order valence-corrected chi connectivity index (χ0v) is 13.2. The Morgan fingerprint density at radius 2 is 2.22 bits per heavy atom. The fourth-order valence-corrected chi connectivity index (χ4v) is 2.31. The standard InChI is InChI=1S/C15H16ClFN2O4/c1-9(23-14(21)8-19-6-2-3-13(19)20)15(22)18-10-4-5-12(17)11(16)7-10/h4-5,7,9H,2-3,6,8H2,1H3,(H,18,22)/t9-/m0/s1. The number of nitrogens with one attached hydrogen (secondary N) is 1. The van der Waals surface area contributed by atoms with Crippen molar-refractivity contribution in [3.05, 3.63) is 29.0 Å². The van der Waals surface area contributed by atoms with Gasteiger partial charge < -0.3 is 15.0 Å². The number of hydrogen-bond acceptors (Lipinski definition) is 4. The number of carbonyl (C=O) groups excluding carboxylic acids is 3. The number of carbonyl (C=O) groups is 3. The van der Waals surface area contributed by atoms with Gasteiger partial charge in [0.25, 0.3) is 5.91 Å². The molecular formula is C15H16ClFN2O4. The number of likely N-dealkylation sites (tertiary alicyclic amines) is 1. The van der Waals surface area contributed by atoms with E-state index in [4.69, 9.17) is 16.3 Å². The summed E-state index contributed by atoms with van der Waals surface area (Å²) in [5.74, 6) is -1.92. The van der Waals surface area contributed by atoms with Crippen molar-refractivity contribution in [2.24, 2.45) is 0 Å². The van der Waals surface area contributed by atoms with Crippen LogP contribution in [0.4, 0.5) is 10.1 Å². The Morgan fingerprint density at radius 1 is 1.48 bits per heavy atom. The van der Waals surface area contributed by atoms with Crippen LogP contribution in [0, 0.1) is 5.82 Å². The molecule has 0 saturated carbocycles. The number of benzene rings is 1. The van der Waals surface area contributed by atoms with E-state index in [2.05, 4.69) is 5.32 Å². The van der Waals surface area contributed by atoms with Gasteiger partial charge in [-0.25, -0.2) is 4.39 Å². The van der Waals surface area contributed by atoms with Crippen molar-refractivity contribution in [3.63, 3.8) is 0 Å². The minimum Gasteiger partial charge on any atom is -0.451 e. The van der Waals surface area contributed by atoms with Crippen LogP contribution in [0.5, 0.6) is 0 Å². The Balaban J connectivity index is 1.85. The number of ether oxygens (including phenoxy) is 1. The van der Waals surface area contributed by atoms with E-state index in [1.165, 1.54) is 24.0 Å². The molecule has 1 aliphatic heterocycles. The zero-order chi connectivity index (χ0) is 17.0. The highest BCUT2D eigenvalue weighted by Crippen LogP contribution is 2.19. The molecule has 0 aromatic heterocycles. The molecule has 0 bridgehead atoms. The molecule has 124 valence electrons. The average molecular weight is 343 g/mol. The average Bonchev–Trinajstić information content (AvgIpc) is 2.88. The van der Waals surface area contributed by atoms with Crippen LogP contribution in [0.15, 0.2) is 18.2 Å². The smallest absolute Gasteiger partial charge is 0.326 e. The summed E-state index contributed by atoms with van der Waals surface area (Å²) in [5, 5.41) is 2.34. The van der Waals surface area contributed by atoms with Crippen LogP contribution in [0.25, 0.3) is 0 Å². The second kappa shape index (κ2) is 7.41. The van der Waals surface area contributed by atoms with Gasteiger partial charge >= 0.3 is 5.97 Å². The lowest BCUT2D eigenvalue weighted by Gasteiger charge is -2.17. The van der Waals surface area contributed by atoms with E-state index in [9.17, 15) is 18.8 Å². The lowest BCUT2D eigenvalue weighted by atomic mass is 10.3. The molecule has 6 nitrogen and oxygen atoms in total. The summed E-state index contributed by atoms with van der Waals surface area (Å²) in [6.07, 6.45) is 0.0892. The topological polar surface area (TPSA) is 75.7 Å². The third kappa shape index (κ3) is 4.66. The second-order valence-electron chi connectivity index (χ2n) is 5.17. The van der Waals surface area contributed by atoms with Crippen molar-refractivity contribution in [1.82, 2.24) is 4.90 Å². The van der Waals surface area contributed by atoms with E-state index in [-0.39, 0.29) is 17.5 Å². The van der Waals surface area contributed by atoms with Gasteiger partial charge in [0.15, 0.2) is 6.10 Å². The van der Waals surface area contributed by atoms with Gasteiger partial charge in [0, 0.05) is 18.7 Å². The van der Waals surface area contributed by atoms with Crippen molar-refractivity contribution in [2.75, 3.05) is 18.4 Å². The minimum atomic E-state index is -1.05. The lowest BCUT2D eigenvalue weighted by molar-refractivity contribution is -0.155. The van der Waals surface area contributed by atoms with Crippen LogP contribution in [-0.4, -0.2) is 41.9 Å². The van der Waals surface area contributed by atoms with E-state index in [1.807, 2.05) is 0 Å². The molecule has 1 aromatic carbocycles. The van der Waals surface area contributed by atoms with Crippen LogP contribution in [0.3, 0.4) is 0 Å². The highest BCUT2D eigenvalue weighted by atomic mass is 35.5. The van der Waals surface area contributed by atoms with Crippen molar-refractivity contribution >= 4 is 35.1 Å². The van der Waals surface area contributed by atoms with Gasteiger partial charge in [0.2, 0.25) is 5.91 Å². The van der Waals surface area contributed by atoms with Crippen molar-refractivity contribution in [3.8, 4) is 0 Å². The summed E-state index contributed by atoms with van der Waals surface area (Å²) in [6, 6.07) is 3.72. The van der Waals surface area contributed by atoms with Gasteiger partial charge in [0.05, 0.1) is 5.02 Å². The molecule has 23 heavy (non-hydrogen) atoms. The first-order valence-electron chi connectivity index (χ1n) is 7.10. The maximum Gasteiger partial charge on any atom is 0.326 e. The van der Waals surface area contributed by atoms with E-state index >= 15 is 0 Å². The van der Waals surface area contributed by atoms with Crippen LogP contribution in [0.2, 0.25) is 5.02 Å². The molecule has 0 radical (unpaired) electrons. The number of hydrogen-bond donors (Lipinski definition) is 1. The number of rotatable bonds is 5. The van der Waals surface area contributed by atoms with Crippen molar-refractivity contribution in [1.29, 1.82) is 0 Å². The SMILES string of the molecule is C[C@H](OC(=O)CN1CCCC1=O)C(=O)Nc1ccc(F)c(Cl)c1. The number of esters is 1. The Morgan fingerprint density at radius 3 is 2.83 bits per heavy atom. The summed E-state index contributed by atoms with van der Waals surface area (Å²) < 4.78 is 18.0. The summed E-state index contributed by atoms with van der Waals surface area (Å²) in [7, 11) is 0. The molecule has 1 aromatic rings. The number of nitrogens with zero attached hydrogens (tertiary/aromatic N) is 1. The predicted octanol–water partition coefficient (Wildman–Crippen LogP) is 1.97. The Kier molecular flexibility index (Phi) is 5.54. The minimum absolute atomic E-state index is 0.0972. The first-order chi connectivity index (χ1) is 10.9. The molecule has 2 rings (SSSR count). The number of anilines is 1. The highest BCUT2D eigenvalue weighted by Gasteiger charge is 2.25. The fraction of sp³-hybridized carbons (Fsp3) is 0.400. The van der Waals surface area contributed by atoms with Gasteiger partial charge in [-0.1, -0.05) is 11.6 Å². The van der Waals surface area contributed by atoms with Gasteiger partial charge in [-0.3, -0.25) is 14.4 Å². The zero-order valence-electron chi connectivity index (χ0n) is 12.5. The quantitative estimate of drug-likeness (QED) is 0.830. The largest absolute Gasteiger partial charge is 0.451 e. The maximum absolute atomic E-state index is 13.0. The van der Waals surface area contributed by atoms with Crippen LogP contribution < -0.4 is 5.32 Å². The van der Waals surface area contributed by atoms with Gasteiger partial charge in [-0.15, -0.1) is 0 Å². The van der Waals surface area contributed by atoms with Gasteiger partial charge in [-0.2, -0.15) is 0 Å². The van der Waals surface area contributed by atoms with Crippen molar-refractivity contribution < 1.29 is 23.5 Å². The highest BCUT2D eigenvalue weighted by molar-refractivity contribution is 6.31. The van der Waals surface area contributed by atoms with Crippen LogP contribution in [-0.2, 0) is 19.1 Å². The fourth-order valence-electron chi connectivity index (χ4n) is 2.13. The molecule has 0 aliphatic carbocycles. The number of halogens is 2. The summed E-state index contributed by atoms with van der Waals surface area (Å²) in [4.78, 5) is 36.5. The van der Waals surface area contributed by atoms with E-state index < -0.39 is 23.8 Å². The Labute approximate surface area is 137 Å². The summed E-state index contributed by atoms with van der Waals surface area (Å²) in [5.41, 5.74) is 0.291. The molecule has 0 spiro atoms. The lowest BCUT2D eigenvalue weighted by Crippen LogP contribution is -2.36. The first-order valence-corrected chi connectivity index (χ1v) is 7.48. The Bertz CT molecular complexity index is 638. The molecule has 1 fully saturated rings. The normalized spacial score (nSPS) is 15.4. The molecule has 1 heterocycles. The molecule has 2 amide bonds. The van der Waals surface area contributed by atoms with Crippen molar-refractivity contribution in [2.45, 2.75) is 25.9 Å². The maximum atomic E-state index is 13.0. The molecule has 8 heteroatoms. The van der Waals surface area contributed by atoms with E-state index in [1.54, 1.807) is 0 Å². The molecule has 1 saturated heterocycles. The third-order valence-corrected chi connectivity index (χ3v) is 3.65. The molecule has 1 atom stereocenters. The monoisotopic (exact) mass is 342 g/mol. The third-order valence-electron chi connectivity index (χ3n) is 3.36. The van der Waals surface area contributed by atoms with Gasteiger partial charge in [-0.05, 0) is 31.5 Å². The van der Waals surface area contributed by atoms with Crippen LogP contribution >= 0.6 is 11.6 Å². The van der Waals surface area contributed by atoms with E-state index in [0.29, 0.717) is 25.1 Å². The number of amides is 2. The molecule has 0 unspecified atom stereocenters. The second-order valence-corrected chi connectivity index (χ2v) is 5.58. The van der Waals surface area contributed by atoms with Crippen LogP contribution in [0.1, 0.15) is 19.8 Å². The Hall–Kier alpha value is -2.15. The first kappa shape index (κ1) is 17.2. The van der Waals surface area contributed by atoms with Gasteiger partial charge in [0.1, 0.15) is 12.4 Å².